The van der Waals surface area contributed by atoms with Crippen LogP contribution in [0.15, 0.2) is 24.3 Å². The standard InChI is InChI=1S/C52H62N4O8/c1-5-21-49(22-6-1)57-29-41(61-49)45-33-13-15-35(53-33)46(42-30-58-50(62-42)23-7-2-8-24-50)37-17-19-39(55-37)48(44-32-60-52(64-44)27-11-4-12-28-52)40-20-18-38(56-40)47(36-16-14-34(45)54-36)43-31-59-51(63-43)25-9-3-10-26-51/h13-20,41-44,53,56H,1-12,21-32H2. The average molecular weight is 871 g/mol. The molecule has 10 aliphatic rings. The number of hydrogen-bond donors (Lipinski definition) is 2. The van der Waals surface area contributed by atoms with Gasteiger partial charge >= 0.3 is 0 Å². The van der Waals surface area contributed by atoms with Crippen molar-refractivity contribution < 1.29 is 37.9 Å². The van der Waals surface area contributed by atoms with E-state index in [1.807, 2.05) is 0 Å². The molecule has 12 nitrogen and oxygen atoms in total. The van der Waals surface area contributed by atoms with Crippen molar-refractivity contribution in [3.63, 3.8) is 0 Å². The Morgan fingerprint density at radius 2 is 0.578 bits per heavy atom. The van der Waals surface area contributed by atoms with Gasteiger partial charge in [-0.25, -0.2) is 9.97 Å². The minimum absolute atomic E-state index is 0.315. The van der Waals surface area contributed by atoms with Crippen LogP contribution in [-0.2, 0) is 37.9 Å². The van der Waals surface area contributed by atoms with Crippen molar-refractivity contribution in [2.24, 2.45) is 0 Å². The van der Waals surface area contributed by atoms with Gasteiger partial charge in [0.1, 0.15) is 24.4 Å². The molecule has 9 heterocycles. The van der Waals surface area contributed by atoms with Crippen LogP contribution in [0.5, 0.6) is 0 Å². The smallest absolute Gasteiger partial charge is 0.169 e. The van der Waals surface area contributed by atoms with Gasteiger partial charge in [-0.1, -0.05) is 25.7 Å². The molecule has 12 heteroatoms. The lowest BCUT2D eigenvalue weighted by Gasteiger charge is -2.31. The molecule has 0 amide bonds. The third-order valence-electron chi connectivity index (χ3n) is 16.1. The van der Waals surface area contributed by atoms with Gasteiger partial charge in [-0.05, 0) is 99.9 Å². The van der Waals surface area contributed by atoms with E-state index in [-0.39, 0.29) is 24.4 Å². The van der Waals surface area contributed by atoms with Crippen LogP contribution in [0.25, 0.3) is 46.4 Å². The minimum atomic E-state index is -0.563. The van der Waals surface area contributed by atoms with Gasteiger partial charge in [-0.15, -0.1) is 0 Å². The van der Waals surface area contributed by atoms with Crippen molar-refractivity contribution in [2.75, 3.05) is 26.4 Å². The lowest BCUT2D eigenvalue weighted by molar-refractivity contribution is -0.188. The molecule has 3 aromatic heterocycles. The van der Waals surface area contributed by atoms with Crippen LogP contribution in [0.3, 0.4) is 0 Å². The van der Waals surface area contributed by atoms with Gasteiger partial charge in [0.05, 0.1) is 49.2 Å². The van der Waals surface area contributed by atoms with Crippen molar-refractivity contribution in [3.05, 3.63) is 69.3 Å². The van der Waals surface area contributed by atoms with Gasteiger partial charge in [0.25, 0.3) is 0 Å². The zero-order chi connectivity index (χ0) is 42.4. The van der Waals surface area contributed by atoms with Crippen LogP contribution in [0.1, 0.15) is 198 Å². The van der Waals surface area contributed by atoms with E-state index in [1.165, 1.54) is 25.7 Å². The van der Waals surface area contributed by atoms with E-state index in [0.717, 1.165) is 170 Å². The van der Waals surface area contributed by atoms with E-state index in [1.54, 1.807) is 0 Å². The molecule has 3 aromatic rings. The van der Waals surface area contributed by atoms with E-state index in [2.05, 4.69) is 58.5 Å². The molecule has 8 bridgehead atoms. The largest absolute Gasteiger partial charge is 0.355 e. The second-order valence-electron chi connectivity index (χ2n) is 20.2. The summed E-state index contributed by atoms with van der Waals surface area (Å²) in [7, 11) is 0. The molecular formula is C52H62N4O8. The topological polar surface area (TPSA) is 131 Å². The van der Waals surface area contributed by atoms with E-state index >= 15 is 0 Å². The average Bonchev–Trinajstić information content (AvgIpc) is 4.18. The first-order valence-corrected chi connectivity index (χ1v) is 24.9. The first-order chi connectivity index (χ1) is 31.5. The van der Waals surface area contributed by atoms with Crippen LogP contribution < -0.4 is 0 Å². The summed E-state index contributed by atoms with van der Waals surface area (Å²) in [5, 5.41) is 0. The first kappa shape index (κ1) is 40.5. The maximum Gasteiger partial charge on any atom is 0.169 e. The highest BCUT2D eigenvalue weighted by atomic mass is 16.8. The summed E-state index contributed by atoms with van der Waals surface area (Å²) in [6.07, 6.45) is 28.2. The van der Waals surface area contributed by atoms with Gasteiger partial charge < -0.3 is 47.9 Å². The lowest BCUT2D eigenvalue weighted by atomic mass is 9.94. The molecule has 0 radical (unpaired) electrons. The fourth-order valence-corrected chi connectivity index (χ4v) is 12.8. The molecule has 6 aliphatic heterocycles. The number of H-pyrrole nitrogens is 2. The number of fused-ring (bicyclic) bond motifs is 8. The van der Waals surface area contributed by atoms with Crippen molar-refractivity contribution in [1.82, 2.24) is 19.9 Å². The fourth-order valence-electron chi connectivity index (χ4n) is 12.8. The van der Waals surface area contributed by atoms with E-state index < -0.39 is 23.1 Å². The summed E-state index contributed by atoms with van der Waals surface area (Å²) >= 11 is 0. The van der Waals surface area contributed by atoms with Crippen molar-refractivity contribution in [2.45, 2.75) is 176 Å². The SMILES string of the molecule is C1=Cc2nc1c(C1COC3(CCCCC3)O1)c1ccc([nH]1)c(C1COC3(CCCCC3)O1)c1nc(c(C3COC4(CCCCC4)O3)c3ccc([nH]3)c2C2COC3(CCCCC3)O2)C=C1. The summed E-state index contributed by atoms with van der Waals surface area (Å²) in [6, 6.07) is 8.70. The first-order valence-electron chi connectivity index (χ1n) is 24.9. The van der Waals surface area contributed by atoms with Crippen LogP contribution in [0.4, 0.5) is 0 Å². The Labute approximate surface area is 374 Å². The van der Waals surface area contributed by atoms with Gasteiger partial charge in [-0.2, -0.15) is 0 Å². The number of rotatable bonds is 4. The van der Waals surface area contributed by atoms with E-state index in [0.29, 0.717) is 26.4 Å². The van der Waals surface area contributed by atoms with Crippen LogP contribution in [0, 0.1) is 0 Å². The molecule has 8 fully saturated rings. The summed E-state index contributed by atoms with van der Waals surface area (Å²) in [4.78, 5) is 18.9. The van der Waals surface area contributed by atoms with Crippen LogP contribution in [-0.4, -0.2) is 69.5 Å². The summed E-state index contributed by atoms with van der Waals surface area (Å²) in [6.45, 7) is 1.85. The molecule has 4 aliphatic carbocycles. The fraction of sp³-hybridized carbons (Fsp3) is 0.615. The Kier molecular flexibility index (Phi) is 10.1. The molecule has 4 spiro atoms. The maximum atomic E-state index is 7.05. The van der Waals surface area contributed by atoms with Crippen LogP contribution in [0.2, 0.25) is 0 Å². The Hall–Kier alpha value is -3.72. The third-order valence-corrected chi connectivity index (χ3v) is 16.1. The maximum absolute atomic E-state index is 7.05. The normalized spacial score (nSPS) is 30.1. The van der Waals surface area contributed by atoms with Gasteiger partial charge in [0.15, 0.2) is 23.1 Å². The predicted octanol–water partition coefficient (Wildman–Crippen LogP) is 11.6. The van der Waals surface area contributed by atoms with E-state index in [4.69, 9.17) is 47.9 Å². The van der Waals surface area contributed by atoms with Crippen molar-refractivity contribution in [1.29, 1.82) is 0 Å². The van der Waals surface area contributed by atoms with Gasteiger partial charge in [0, 0.05) is 95.7 Å². The van der Waals surface area contributed by atoms with Crippen LogP contribution >= 0.6 is 0 Å². The Morgan fingerprint density at radius 1 is 0.344 bits per heavy atom. The molecular weight excluding hydrogens is 809 g/mol. The molecule has 4 saturated heterocycles. The van der Waals surface area contributed by atoms with Crippen molar-refractivity contribution in [3.8, 4) is 0 Å². The second kappa shape index (κ2) is 16.0. The Bertz CT molecular complexity index is 2180. The highest BCUT2D eigenvalue weighted by molar-refractivity contribution is 5.84. The zero-order valence-electron chi connectivity index (χ0n) is 37.1. The Morgan fingerprint density at radius 3 is 0.812 bits per heavy atom. The third kappa shape index (κ3) is 7.09. The molecule has 338 valence electrons. The molecule has 4 saturated carbocycles. The lowest BCUT2D eigenvalue weighted by Crippen LogP contribution is -2.32. The number of hydrogen-bond acceptors (Lipinski definition) is 10. The molecule has 2 N–H and O–H groups in total. The minimum Gasteiger partial charge on any atom is -0.355 e. The molecule has 4 atom stereocenters. The molecule has 13 rings (SSSR count). The number of nitrogens with one attached hydrogen (secondary N) is 2. The number of ether oxygens (including phenoxy) is 8. The number of nitrogens with zero attached hydrogens (tertiary/aromatic N) is 2. The summed E-state index contributed by atoms with van der Waals surface area (Å²) < 4.78 is 54.8. The quantitative estimate of drug-likeness (QED) is 0.180. The summed E-state index contributed by atoms with van der Waals surface area (Å²) in [5.74, 6) is -2.25. The summed E-state index contributed by atoms with van der Waals surface area (Å²) in [5.41, 5.74) is 11.1. The zero-order valence-corrected chi connectivity index (χ0v) is 37.1. The van der Waals surface area contributed by atoms with Gasteiger partial charge in [-0.3, -0.25) is 0 Å². The second-order valence-corrected chi connectivity index (χ2v) is 20.2. The van der Waals surface area contributed by atoms with E-state index in [9.17, 15) is 0 Å². The number of aromatic nitrogens is 4. The molecule has 4 unspecified atom stereocenters. The monoisotopic (exact) mass is 870 g/mol. The molecule has 0 aromatic carbocycles. The Balaban J connectivity index is 1.04. The highest BCUT2D eigenvalue weighted by Gasteiger charge is 2.48. The van der Waals surface area contributed by atoms with Gasteiger partial charge in [0.2, 0.25) is 0 Å². The highest BCUT2D eigenvalue weighted by Crippen LogP contribution is 2.50. The molecule has 64 heavy (non-hydrogen) atoms. The van der Waals surface area contributed by atoms with Crippen molar-refractivity contribution >= 4 is 46.4 Å². The predicted molar refractivity (Wildman–Crippen MR) is 241 cm³/mol. The number of aromatic amines is 2.